The maximum Gasteiger partial charge on any atom is 0.281 e. The van der Waals surface area contributed by atoms with Gasteiger partial charge in [-0.25, -0.2) is 19.4 Å². The third-order valence-electron chi connectivity index (χ3n) is 10.7. The Hall–Kier alpha value is -4.20. The van der Waals surface area contributed by atoms with Crippen molar-refractivity contribution in [1.29, 1.82) is 0 Å². The van der Waals surface area contributed by atoms with E-state index in [9.17, 15) is 13.2 Å². The monoisotopic (exact) mass is 747 g/mol. The van der Waals surface area contributed by atoms with Gasteiger partial charge in [-0.3, -0.25) is 4.79 Å². The first-order valence-corrected chi connectivity index (χ1v) is 19.9. The van der Waals surface area contributed by atoms with Crippen molar-refractivity contribution in [2.45, 2.75) is 82.4 Å². The number of benzene rings is 1. The van der Waals surface area contributed by atoms with Crippen LogP contribution in [-0.2, 0) is 16.6 Å². The zero-order chi connectivity index (χ0) is 36.3. The fraction of sp³-hybridized carbons (Fsp3) is 0.474. The second kappa shape index (κ2) is 15.0. The number of halogens is 1. The maximum absolute atomic E-state index is 13.5. The highest BCUT2D eigenvalue weighted by Crippen LogP contribution is 2.65. The van der Waals surface area contributed by atoms with E-state index in [0.717, 1.165) is 43.7 Å². The lowest BCUT2D eigenvalue weighted by Crippen LogP contribution is -2.31. The lowest BCUT2D eigenvalue weighted by molar-refractivity contribution is 0.0981. The van der Waals surface area contributed by atoms with E-state index in [1.807, 2.05) is 30.3 Å². The van der Waals surface area contributed by atoms with Gasteiger partial charge in [0.15, 0.2) is 22.4 Å². The molecule has 1 unspecified atom stereocenters. The van der Waals surface area contributed by atoms with E-state index in [0.29, 0.717) is 41.9 Å². The topological polar surface area (TPSA) is 149 Å². The van der Waals surface area contributed by atoms with Crippen LogP contribution in [0.25, 0.3) is 5.82 Å². The summed E-state index contributed by atoms with van der Waals surface area (Å²) >= 11 is 6.41. The van der Waals surface area contributed by atoms with Crippen molar-refractivity contribution in [3.8, 4) is 17.4 Å². The summed E-state index contributed by atoms with van der Waals surface area (Å²) in [5.74, 6) is 1.90. The molecule has 52 heavy (non-hydrogen) atoms. The molecule has 7 rings (SSSR count). The average molecular weight is 748 g/mol. The zero-order valence-corrected chi connectivity index (χ0v) is 31.2. The van der Waals surface area contributed by atoms with Crippen LogP contribution in [0.3, 0.4) is 0 Å². The Bertz CT molecular complexity index is 2000. The minimum atomic E-state index is -4.40. The third-order valence-corrected chi connectivity index (χ3v) is 12.2. The number of amides is 1. The summed E-state index contributed by atoms with van der Waals surface area (Å²) in [6, 6.07) is 17.2. The van der Waals surface area contributed by atoms with E-state index in [1.54, 1.807) is 18.3 Å². The number of sulfonamides is 1. The summed E-state index contributed by atoms with van der Waals surface area (Å²) in [5.41, 5.74) is 1.59. The molecule has 4 heterocycles. The molecule has 4 aromatic rings. The lowest BCUT2D eigenvalue weighted by atomic mass is 9.69. The van der Waals surface area contributed by atoms with Crippen molar-refractivity contribution in [1.82, 2.24) is 29.8 Å². The fourth-order valence-electron chi connectivity index (χ4n) is 7.44. The molecule has 1 spiro atoms. The van der Waals surface area contributed by atoms with Crippen LogP contribution in [0.5, 0.6) is 11.6 Å². The van der Waals surface area contributed by atoms with Gasteiger partial charge in [0.1, 0.15) is 11.8 Å². The van der Waals surface area contributed by atoms with Gasteiger partial charge in [0.05, 0.1) is 12.2 Å². The Morgan fingerprint density at radius 2 is 1.85 bits per heavy atom. The molecule has 2 atom stereocenters. The number of pyridine rings is 2. The molecule has 0 radical (unpaired) electrons. The number of hydrogen-bond acceptors (Lipinski definition) is 10. The highest BCUT2D eigenvalue weighted by Gasteiger charge is 2.54. The Morgan fingerprint density at radius 1 is 1.02 bits per heavy atom. The zero-order valence-electron chi connectivity index (χ0n) is 29.6. The van der Waals surface area contributed by atoms with Crippen LogP contribution >= 0.6 is 11.6 Å². The van der Waals surface area contributed by atoms with Crippen LogP contribution in [0, 0.1) is 17.3 Å². The van der Waals surface area contributed by atoms with Crippen molar-refractivity contribution in [2.24, 2.45) is 17.3 Å². The highest BCUT2D eigenvalue weighted by molar-refractivity contribution is 7.90. The standard InChI is InChI=1S/C38H46ClN7O5S/c1-37(2)23-27(24-41-37)9-6-20-40-35-30(51-25-26-7-4-3-5-8-26)11-13-33(43-35)52(48,49)45-36(47)29-10-12-31(42-34(29)39)46-21-15-32(44-46)50-22-16-28-14-17-38(28)18-19-38/h3-5,7-8,10-13,15,21,27-28,41H,6,9,14,16-20,22-25H2,1-2H3,(H,40,43)(H,45,47)/t27-,28?/m0/s1. The van der Waals surface area contributed by atoms with E-state index < -0.39 is 15.9 Å². The Kier molecular flexibility index (Phi) is 10.5. The number of ether oxygens (including phenoxy) is 2. The minimum absolute atomic E-state index is 0.113. The molecule has 0 bridgehead atoms. The smallest absolute Gasteiger partial charge is 0.281 e. The van der Waals surface area contributed by atoms with Gasteiger partial charge < -0.3 is 20.1 Å². The molecule has 1 aliphatic heterocycles. The molecule has 2 aliphatic carbocycles. The summed E-state index contributed by atoms with van der Waals surface area (Å²) in [6.07, 6.45) is 11.0. The van der Waals surface area contributed by atoms with Gasteiger partial charge in [0.25, 0.3) is 15.9 Å². The number of carbonyl (C=O) groups excluding carboxylic acids is 1. The van der Waals surface area contributed by atoms with Crippen molar-refractivity contribution in [3.05, 3.63) is 83.1 Å². The number of aromatic nitrogens is 4. The predicted molar refractivity (Wildman–Crippen MR) is 198 cm³/mol. The van der Waals surface area contributed by atoms with Gasteiger partial charge in [-0.05, 0) is 119 Å². The number of carbonyl (C=O) groups is 1. The van der Waals surface area contributed by atoms with Gasteiger partial charge >= 0.3 is 0 Å². The Labute approximate surface area is 310 Å². The molecule has 14 heteroatoms. The molecule has 1 saturated heterocycles. The van der Waals surface area contributed by atoms with E-state index >= 15 is 0 Å². The van der Waals surface area contributed by atoms with E-state index in [-0.39, 0.29) is 33.7 Å². The number of anilines is 1. The molecule has 3 aliphatic rings. The summed E-state index contributed by atoms with van der Waals surface area (Å²) in [4.78, 5) is 21.9. The highest BCUT2D eigenvalue weighted by atomic mass is 35.5. The maximum atomic E-state index is 13.5. The molecular formula is C38H46ClN7O5S. The third kappa shape index (κ3) is 8.53. The summed E-state index contributed by atoms with van der Waals surface area (Å²) in [6.45, 7) is 6.85. The molecule has 276 valence electrons. The van der Waals surface area contributed by atoms with Crippen LogP contribution in [0.1, 0.15) is 81.1 Å². The fourth-order valence-corrected chi connectivity index (χ4v) is 8.59. The Morgan fingerprint density at radius 3 is 2.56 bits per heavy atom. The van der Waals surface area contributed by atoms with Gasteiger partial charge in [-0.1, -0.05) is 41.9 Å². The molecule has 1 amide bonds. The van der Waals surface area contributed by atoms with E-state index in [4.69, 9.17) is 21.1 Å². The lowest BCUT2D eigenvalue weighted by Gasteiger charge is -2.37. The van der Waals surface area contributed by atoms with Crippen LogP contribution in [-0.4, -0.2) is 59.3 Å². The number of nitrogens with one attached hydrogen (secondary N) is 3. The first kappa shape index (κ1) is 36.2. The van der Waals surface area contributed by atoms with E-state index in [1.165, 1.54) is 48.6 Å². The molecule has 2 saturated carbocycles. The van der Waals surface area contributed by atoms with Gasteiger partial charge in [-0.15, -0.1) is 5.10 Å². The first-order valence-electron chi connectivity index (χ1n) is 18.1. The normalized spacial score (nSPS) is 19.9. The average Bonchev–Trinajstić information content (AvgIpc) is 3.71. The summed E-state index contributed by atoms with van der Waals surface area (Å²) < 4.78 is 42.4. The molecule has 3 fully saturated rings. The number of hydrogen-bond donors (Lipinski definition) is 3. The molecule has 12 nitrogen and oxygen atoms in total. The molecular weight excluding hydrogens is 702 g/mol. The SMILES string of the molecule is CC1(C)C[C@H](CCCNc2nc(S(=O)(=O)NC(=O)c3ccc(-n4ccc(OCCC5CCC56CC6)n4)nc3Cl)ccc2OCc2ccccc2)CN1. The largest absolute Gasteiger partial charge is 0.485 e. The van der Waals surface area contributed by atoms with Crippen LogP contribution in [0.2, 0.25) is 5.15 Å². The van der Waals surface area contributed by atoms with Gasteiger partial charge in [-0.2, -0.15) is 8.42 Å². The van der Waals surface area contributed by atoms with Crippen molar-refractivity contribution in [3.63, 3.8) is 0 Å². The van der Waals surface area contributed by atoms with Crippen LogP contribution in [0.4, 0.5) is 5.82 Å². The number of nitrogens with zero attached hydrogens (tertiary/aromatic N) is 4. The minimum Gasteiger partial charge on any atom is -0.485 e. The summed E-state index contributed by atoms with van der Waals surface area (Å²) in [7, 11) is -4.40. The van der Waals surface area contributed by atoms with Crippen molar-refractivity contribution < 1.29 is 22.7 Å². The molecule has 3 N–H and O–H groups in total. The van der Waals surface area contributed by atoms with Gasteiger partial charge in [0.2, 0.25) is 5.88 Å². The predicted octanol–water partition coefficient (Wildman–Crippen LogP) is 6.55. The van der Waals surface area contributed by atoms with E-state index in [2.05, 4.69) is 44.3 Å². The molecule has 1 aromatic carbocycles. The van der Waals surface area contributed by atoms with Crippen LogP contribution < -0.4 is 24.8 Å². The summed E-state index contributed by atoms with van der Waals surface area (Å²) in [5, 5.41) is 10.7. The Balaban J connectivity index is 0.984. The van der Waals surface area contributed by atoms with Crippen molar-refractivity contribution >= 4 is 33.3 Å². The quantitative estimate of drug-likeness (QED) is 0.0851. The molecule has 3 aromatic heterocycles. The van der Waals surface area contributed by atoms with Crippen LogP contribution in [0.15, 0.2) is 71.9 Å². The van der Waals surface area contributed by atoms with Crippen molar-refractivity contribution in [2.75, 3.05) is 25.0 Å². The number of rotatable bonds is 16. The first-order chi connectivity index (χ1) is 25.0. The second-order valence-electron chi connectivity index (χ2n) is 15.0. The van der Waals surface area contributed by atoms with Gasteiger partial charge in [0, 0.05) is 24.3 Å². The second-order valence-corrected chi connectivity index (χ2v) is 16.9.